The smallest absolute Gasteiger partial charge is 0.179 e. The summed E-state index contributed by atoms with van der Waals surface area (Å²) in [5.74, 6) is 0. The molecular weight excluding hydrogens is 396 g/mol. The van der Waals surface area contributed by atoms with E-state index in [4.69, 9.17) is 16.3 Å². The van der Waals surface area contributed by atoms with Gasteiger partial charge in [-0.25, -0.2) is 4.68 Å². The Bertz CT molecular complexity index is 796. The van der Waals surface area contributed by atoms with E-state index in [0.717, 1.165) is 27.8 Å². The average Bonchev–Trinajstić information content (AvgIpc) is 3.16. The lowest BCUT2D eigenvalue weighted by Gasteiger charge is -2.16. The molecule has 3 aromatic rings. The summed E-state index contributed by atoms with van der Waals surface area (Å²) in [6, 6.07) is 3.91. The molecule has 1 atom stereocenters. The molecule has 0 fully saturated rings. The normalized spacial score (nSPS) is 12.5. The molecule has 3 heterocycles. The number of halogens is 2. The molecule has 0 amide bonds. The molecular formula is C15H16BrClN6O. The Labute approximate surface area is 152 Å². The van der Waals surface area contributed by atoms with E-state index in [1.165, 1.54) is 0 Å². The predicted octanol–water partition coefficient (Wildman–Crippen LogP) is 3.12. The van der Waals surface area contributed by atoms with Gasteiger partial charge in [0.25, 0.3) is 0 Å². The lowest BCUT2D eigenvalue weighted by molar-refractivity contribution is 0.181. The maximum atomic E-state index is 6.12. The molecule has 0 aliphatic rings. The number of aryl methyl sites for hydroxylation is 1. The number of nitrogens with zero attached hydrogens (tertiary/aromatic N) is 6. The lowest BCUT2D eigenvalue weighted by Crippen LogP contribution is -2.15. The van der Waals surface area contributed by atoms with Crippen LogP contribution in [0.3, 0.4) is 0 Å². The highest BCUT2D eigenvalue weighted by molar-refractivity contribution is 9.10. The monoisotopic (exact) mass is 410 g/mol. The topological polar surface area (TPSA) is 70.7 Å². The molecule has 0 aliphatic carbocycles. The number of hydrogen-bond donors (Lipinski definition) is 0. The second kappa shape index (κ2) is 7.42. The Kier molecular flexibility index (Phi) is 5.27. The average molecular weight is 412 g/mol. The predicted molar refractivity (Wildman–Crippen MR) is 93.8 cm³/mol. The van der Waals surface area contributed by atoms with Gasteiger partial charge in [0, 0.05) is 43.2 Å². The first kappa shape index (κ1) is 17.1. The van der Waals surface area contributed by atoms with Gasteiger partial charge in [-0.2, -0.15) is 5.10 Å². The zero-order valence-electron chi connectivity index (χ0n) is 13.2. The van der Waals surface area contributed by atoms with Crippen LogP contribution in [0.15, 0.2) is 35.2 Å². The van der Waals surface area contributed by atoms with Crippen molar-refractivity contribution in [3.63, 3.8) is 0 Å². The van der Waals surface area contributed by atoms with Crippen LogP contribution in [-0.2, 0) is 11.8 Å². The molecule has 0 N–H and O–H groups in total. The van der Waals surface area contributed by atoms with Crippen molar-refractivity contribution >= 4 is 27.5 Å². The van der Waals surface area contributed by atoms with E-state index >= 15 is 0 Å². The van der Waals surface area contributed by atoms with Gasteiger partial charge in [0.1, 0.15) is 5.69 Å². The molecule has 0 aliphatic heterocycles. The SMILES string of the molecule is COCCC(c1ccc(Br)cn1)n1cc(-c2c(Cl)nnn2C)cn1. The summed E-state index contributed by atoms with van der Waals surface area (Å²) >= 11 is 9.53. The van der Waals surface area contributed by atoms with Crippen LogP contribution in [0.1, 0.15) is 18.2 Å². The highest BCUT2D eigenvalue weighted by atomic mass is 79.9. The molecule has 24 heavy (non-hydrogen) atoms. The lowest BCUT2D eigenvalue weighted by atomic mass is 10.1. The van der Waals surface area contributed by atoms with Gasteiger partial charge in [-0.15, -0.1) is 5.10 Å². The van der Waals surface area contributed by atoms with Gasteiger partial charge in [-0.3, -0.25) is 9.67 Å². The molecule has 1 unspecified atom stereocenters. The number of hydrogen-bond acceptors (Lipinski definition) is 5. The highest BCUT2D eigenvalue weighted by Crippen LogP contribution is 2.28. The van der Waals surface area contributed by atoms with E-state index in [1.54, 1.807) is 31.2 Å². The maximum Gasteiger partial charge on any atom is 0.179 e. The first-order valence-electron chi connectivity index (χ1n) is 7.30. The van der Waals surface area contributed by atoms with Gasteiger partial charge < -0.3 is 4.74 Å². The highest BCUT2D eigenvalue weighted by Gasteiger charge is 2.19. The van der Waals surface area contributed by atoms with Crippen LogP contribution in [0, 0.1) is 0 Å². The Hall–Kier alpha value is -1.77. The van der Waals surface area contributed by atoms with E-state index in [0.29, 0.717) is 11.8 Å². The summed E-state index contributed by atoms with van der Waals surface area (Å²) < 4.78 is 9.67. The molecule has 0 bridgehead atoms. The van der Waals surface area contributed by atoms with Crippen LogP contribution in [0.25, 0.3) is 11.3 Å². The van der Waals surface area contributed by atoms with Gasteiger partial charge >= 0.3 is 0 Å². The third kappa shape index (κ3) is 3.50. The number of rotatable bonds is 6. The number of aromatic nitrogens is 6. The van der Waals surface area contributed by atoms with E-state index in [9.17, 15) is 0 Å². The summed E-state index contributed by atoms with van der Waals surface area (Å²) in [5.41, 5.74) is 2.50. The van der Waals surface area contributed by atoms with Crippen molar-refractivity contribution in [1.29, 1.82) is 0 Å². The molecule has 0 saturated heterocycles. The minimum absolute atomic E-state index is 0.0354. The molecule has 0 spiro atoms. The van der Waals surface area contributed by atoms with Crippen LogP contribution in [0.4, 0.5) is 0 Å². The van der Waals surface area contributed by atoms with Crippen LogP contribution in [0.2, 0.25) is 5.15 Å². The number of methoxy groups -OCH3 is 1. The number of pyridine rings is 1. The van der Waals surface area contributed by atoms with Crippen molar-refractivity contribution in [3.8, 4) is 11.3 Å². The Balaban J connectivity index is 1.95. The summed E-state index contributed by atoms with van der Waals surface area (Å²) in [6.07, 6.45) is 6.21. The molecule has 3 aromatic heterocycles. The van der Waals surface area contributed by atoms with Crippen molar-refractivity contribution < 1.29 is 4.74 Å². The molecule has 3 rings (SSSR count). The summed E-state index contributed by atoms with van der Waals surface area (Å²) in [6.45, 7) is 0.603. The second-order valence-corrected chi connectivity index (χ2v) is 6.53. The first-order valence-corrected chi connectivity index (χ1v) is 8.47. The fourth-order valence-electron chi connectivity index (χ4n) is 2.50. The minimum Gasteiger partial charge on any atom is -0.385 e. The molecule has 126 valence electrons. The zero-order valence-corrected chi connectivity index (χ0v) is 15.6. The van der Waals surface area contributed by atoms with E-state index in [-0.39, 0.29) is 6.04 Å². The fraction of sp³-hybridized carbons (Fsp3) is 0.333. The second-order valence-electron chi connectivity index (χ2n) is 5.26. The van der Waals surface area contributed by atoms with Gasteiger partial charge in [-0.1, -0.05) is 16.8 Å². The summed E-state index contributed by atoms with van der Waals surface area (Å²) in [4.78, 5) is 4.50. The van der Waals surface area contributed by atoms with Gasteiger partial charge in [0.05, 0.1) is 17.9 Å². The molecule has 0 aromatic carbocycles. The van der Waals surface area contributed by atoms with E-state index in [1.807, 2.05) is 23.0 Å². The molecule has 0 saturated carbocycles. The van der Waals surface area contributed by atoms with Crippen LogP contribution in [-0.4, -0.2) is 43.5 Å². The Morgan fingerprint density at radius 1 is 1.33 bits per heavy atom. The third-order valence-electron chi connectivity index (χ3n) is 3.67. The fourth-order valence-corrected chi connectivity index (χ4v) is 3.00. The largest absolute Gasteiger partial charge is 0.385 e. The molecule has 0 radical (unpaired) electrons. The maximum absolute atomic E-state index is 6.12. The molecule has 9 heteroatoms. The van der Waals surface area contributed by atoms with Crippen LogP contribution < -0.4 is 0 Å². The van der Waals surface area contributed by atoms with Gasteiger partial charge in [-0.05, 0) is 34.5 Å². The van der Waals surface area contributed by atoms with Crippen molar-refractivity contribution in [2.75, 3.05) is 13.7 Å². The van der Waals surface area contributed by atoms with Crippen molar-refractivity contribution in [3.05, 3.63) is 46.0 Å². The quantitative estimate of drug-likeness (QED) is 0.623. The summed E-state index contributed by atoms with van der Waals surface area (Å²) in [7, 11) is 3.48. The van der Waals surface area contributed by atoms with Crippen molar-refractivity contribution in [2.45, 2.75) is 12.5 Å². The van der Waals surface area contributed by atoms with E-state index in [2.05, 4.69) is 36.3 Å². The zero-order chi connectivity index (χ0) is 17.1. The van der Waals surface area contributed by atoms with Crippen LogP contribution in [0.5, 0.6) is 0 Å². The van der Waals surface area contributed by atoms with Gasteiger partial charge in [0.2, 0.25) is 0 Å². The molecule has 7 nitrogen and oxygen atoms in total. The first-order chi connectivity index (χ1) is 11.6. The van der Waals surface area contributed by atoms with Gasteiger partial charge in [0.15, 0.2) is 5.15 Å². The van der Waals surface area contributed by atoms with E-state index < -0.39 is 0 Å². The minimum atomic E-state index is -0.0354. The van der Waals surface area contributed by atoms with Crippen molar-refractivity contribution in [2.24, 2.45) is 7.05 Å². The van der Waals surface area contributed by atoms with Crippen molar-refractivity contribution in [1.82, 2.24) is 29.8 Å². The van der Waals surface area contributed by atoms with Crippen LogP contribution >= 0.6 is 27.5 Å². The Morgan fingerprint density at radius 2 is 2.17 bits per heavy atom. The standard InChI is InChI=1S/C15H16BrClN6O/c1-22-14(15(17)20-21-22)10-7-19-23(9-10)13(5-6-24-2)12-4-3-11(16)8-18-12/h3-4,7-9,13H,5-6H2,1-2H3. The third-order valence-corrected chi connectivity index (χ3v) is 4.39. The summed E-state index contributed by atoms with van der Waals surface area (Å²) in [5, 5.41) is 12.6. The number of ether oxygens (including phenoxy) is 1. The Morgan fingerprint density at radius 3 is 2.79 bits per heavy atom.